The maximum atomic E-state index is 6.39. The molecule has 0 bridgehead atoms. The number of anilines is 2. The normalized spacial score (nSPS) is 17.6. The molecule has 2 unspecified atom stereocenters. The van der Waals surface area contributed by atoms with Gasteiger partial charge >= 0.3 is 0 Å². The number of hydrogen-bond acceptors (Lipinski definition) is 11. The maximum absolute atomic E-state index is 6.39. The standard InChI is InChI=1S/C20H21BrN8.C16H20BrN7/c21-17-18(13-4-3-6-23-8-13)27-20-16(10-26-29(20)19(17)22)14-9-25-28(11-14)12-15-5-1-2-7-24-15;1-2-23-9-11(7-20-23)12-8-21-24-15(18)13(17)14(22-16(12)24)10-4-3-5-19-6-10/h1-2,5,7,9-11,13,23H,3-4,6,8,12,22H2;7-10,19H,2-6,18H2,1H3. The van der Waals surface area contributed by atoms with Gasteiger partial charge in [0.2, 0.25) is 0 Å². The average molecular weight is 844 g/mol. The SMILES string of the molecule is CCn1cc(-c2cnn3c(N)c(Br)c(C4CCCNC4)nc23)cn1.Nc1c(Br)c(C2CCCNC2)nc2c(-c3cnn(Cc4ccccn4)c3)cnn12. The molecule has 6 N–H and O–H groups in total. The van der Waals surface area contributed by atoms with Gasteiger partial charge < -0.3 is 22.1 Å². The van der Waals surface area contributed by atoms with E-state index in [-0.39, 0.29) is 0 Å². The zero-order valence-corrected chi connectivity index (χ0v) is 32.5. The van der Waals surface area contributed by atoms with Crippen molar-refractivity contribution in [3.63, 3.8) is 0 Å². The van der Waals surface area contributed by atoms with Gasteiger partial charge in [-0.2, -0.15) is 29.4 Å². The summed E-state index contributed by atoms with van der Waals surface area (Å²) >= 11 is 7.27. The molecule has 53 heavy (non-hydrogen) atoms. The highest BCUT2D eigenvalue weighted by atomic mass is 79.9. The third-order valence-corrected chi connectivity index (χ3v) is 11.6. The Labute approximate surface area is 322 Å². The first-order valence-corrected chi connectivity index (χ1v) is 19.5. The molecule has 2 atom stereocenters. The Bertz CT molecular complexity index is 2350. The van der Waals surface area contributed by atoms with Crippen LogP contribution < -0.4 is 22.1 Å². The van der Waals surface area contributed by atoms with Gasteiger partial charge in [0.05, 0.1) is 57.4 Å². The minimum atomic E-state index is 0.333. The van der Waals surface area contributed by atoms with E-state index in [2.05, 4.69) is 74.8 Å². The minimum absolute atomic E-state index is 0.333. The first-order chi connectivity index (χ1) is 25.9. The Balaban J connectivity index is 0.000000154. The highest BCUT2D eigenvalue weighted by molar-refractivity contribution is 9.11. The summed E-state index contributed by atoms with van der Waals surface area (Å²) in [5.41, 5.74) is 21.0. The third-order valence-electron chi connectivity index (χ3n) is 9.93. The molecule has 274 valence electrons. The number of nitrogen functional groups attached to an aromatic ring is 2. The van der Waals surface area contributed by atoms with E-state index < -0.39 is 0 Å². The molecular weight excluding hydrogens is 802 g/mol. The van der Waals surface area contributed by atoms with Crippen molar-refractivity contribution >= 4 is 54.8 Å². The summed E-state index contributed by atoms with van der Waals surface area (Å²) in [6.45, 7) is 7.47. The molecule has 0 aromatic carbocycles. The highest BCUT2D eigenvalue weighted by Crippen LogP contribution is 2.36. The van der Waals surface area contributed by atoms with Crippen LogP contribution in [0.5, 0.6) is 0 Å². The summed E-state index contributed by atoms with van der Waals surface area (Å²) in [7, 11) is 0. The van der Waals surface area contributed by atoms with Gasteiger partial charge in [-0.1, -0.05) is 6.07 Å². The van der Waals surface area contributed by atoms with Crippen LogP contribution in [0.25, 0.3) is 33.5 Å². The molecule has 0 amide bonds. The smallest absolute Gasteiger partial charge is 0.165 e. The van der Waals surface area contributed by atoms with E-state index in [9.17, 15) is 0 Å². The molecule has 0 saturated carbocycles. The van der Waals surface area contributed by atoms with Crippen LogP contribution in [0.2, 0.25) is 0 Å². The van der Waals surface area contributed by atoms with E-state index in [1.807, 2.05) is 58.5 Å². The van der Waals surface area contributed by atoms with E-state index >= 15 is 0 Å². The van der Waals surface area contributed by atoms with Gasteiger partial charge in [-0.05, 0) is 89.7 Å². The van der Waals surface area contributed by atoms with Crippen LogP contribution in [0.3, 0.4) is 0 Å². The zero-order chi connectivity index (χ0) is 36.5. The Morgan fingerprint density at radius 3 is 1.75 bits per heavy atom. The summed E-state index contributed by atoms with van der Waals surface area (Å²) in [4.78, 5) is 14.3. The molecule has 15 nitrogen and oxygen atoms in total. The number of halogens is 2. The van der Waals surface area contributed by atoms with Crippen molar-refractivity contribution in [3.05, 3.63) is 87.6 Å². The number of fused-ring (bicyclic) bond motifs is 2. The first-order valence-electron chi connectivity index (χ1n) is 17.9. The lowest BCUT2D eigenvalue weighted by Gasteiger charge is -2.23. The molecule has 9 heterocycles. The van der Waals surface area contributed by atoms with Crippen LogP contribution in [-0.2, 0) is 13.1 Å². The second-order valence-electron chi connectivity index (χ2n) is 13.4. The van der Waals surface area contributed by atoms with Crippen LogP contribution in [0, 0.1) is 0 Å². The van der Waals surface area contributed by atoms with Gasteiger partial charge in [-0.25, -0.2) is 9.97 Å². The summed E-state index contributed by atoms with van der Waals surface area (Å²) < 4.78 is 8.84. The van der Waals surface area contributed by atoms with Gasteiger partial charge in [-0.3, -0.25) is 14.3 Å². The van der Waals surface area contributed by atoms with Crippen LogP contribution in [0.15, 0.2) is 70.5 Å². The zero-order valence-electron chi connectivity index (χ0n) is 29.3. The molecule has 0 aliphatic carbocycles. The molecule has 0 spiro atoms. The number of piperidine rings is 2. The number of nitrogens with one attached hydrogen (secondary N) is 2. The number of rotatable bonds is 7. The summed E-state index contributed by atoms with van der Waals surface area (Å²) in [6, 6.07) is 5.87. The van der Waals surface area contributed by atoms with E-state index in [0.717, 1.165) is 118 Å². The summed E-state index contributed by atoms with van der Waals surface area (Å²) in [6.07, 6.45) is 17.6. The minimum Gasteiger partial charge on any atom is -0.383 e. The molecular formula is C36H41Br2N15. The number of nitrogens with zero attached hydrogens (tertiary/aromatic N) is 11. The largest absolute Gasteiger partial charge is 0.383 e. The van der Waals surface area contributed by atoms with Gasteiger partial charge in [0, 0.05) is 72.3 Å². The van der Waals surface area contributed by atoms with Gasteiger partial charge in [0.15, 0.2) is 11.3 Å². The monoisotopic (exact) mass is 841 g/mol. The Hall–Kier alpha value is -4.71. The topological polar surface area (TPSA) is 185 Å². The van der Waals surface area contributed by atoms with E-state index in [0.29, 0.717) is 30.0 Å². The van der Waals surface area contributed by atoms with Crippen LogP contribution in [0.4, 0.5) is 11.6 Å². The summed E-state index contributed by atoms with van der Waals surface area (Å²) in [5.74, 6) is 1.86. The van der Waals surface area contributed by atoms with Gasteiger partial charge in [0.1, 0.15) is 11.6 Å². The van der Waals surface area contributed by atoms with Crippen LogP contribution in [0.1, 0.15) is 61.5 Å². The fourth-order valence-electron chi connectivity index (χ4n) is 7.07. The highest BCUT2D eigenvalue weighted by Gasteiger charge is 2.25. The second kappa shape index (κ2) is 15.3. The Kier molecular flexibility index (Phi) is 10.2. The number of nitrogens with two attached hydrogens (primary N) is 2. The average Bonchev–Trinajstić information content (AvgIpc) is 4.02. The van der Waals surface area contributed by atoms with Gasteiger partial charge in [0.25, 0.3) is 0 Å². The van der Waals surface area contributed by atoms with Crippen molar-refractivity contribution in [2.24, 2.45) is 0 Å². The van der Waals surface area contributed by atoms with Crippen molar-refractivity contribution in [2.75, 3.05) is 37.6 Å². The second-order valence-corrected chi connectivity index (χ2v) is 15.0. The lowest BCUT2D eigenvalue weighted by atomic mass is 9.96. The number of aromatic nitrogens is 11. The third kappa shape index (κ3) is 7.05. The molecule has 2 aliphatic rings. The Morgan fingerprint density at radius 2 is 1.28 bits per heavy atom. The first kappa shape index (κ1) is 35.3. The molecule has 7 aromatic rings. The predicted molar refractivity (Wildman–Crippen MR) is 211 cm³/mol. The molecule has 17 heteroatoms. The Morgan fingerprint density at radius 1 is 0.736 bits per heavy atom. The summed E-state index contributed by atoms with van der Waals surface area (Å²) in [5, 5.41) is 24.6. The maximum Gasteiger partial charge on any atom is 0.165 e. The van der Waals surface area contributed by atoms with Crippen molar-refractivity contribution in [2.45, 2.75) is 57.5 Å². The number of pyridine rings is 1. The quantitative estimate of drug-likeness (QED) is 0.164. The van der Waals surface area contributed by atoms with Crippen molar-refractivity contribution in [1.29, 1.82) is 0 Å². The van der Waals surface area contributed by atoms with Crippen LogP contribution in [-0.4, -0.2) is 79.9 Å². The fraction of sp³-hybridized carbons (Fsp3) is 0.361. The van der Waals surface area contributed by atoms with Crippen LogP contribution >= 0.6 is 31.9 Å². The van der Waals surface area contributed by atoms with Crippen molar-refractivity contribution in [1.82, 2.24) is 64.4 Å². The molecule has 9 rings (SSSR count). The number of aryl methyl sites for hydroxylation is 1. The lowest BCUT2D eigenvalue weighted by Crippen LogP contribution is -2.29. The number of hydrogen-bond donors (Lipinski definition) is 4. The molecule has 2 saturated heterocycles. The van der Waals surface area contributed by atoms with Crippen molar-refractivity contribution in [3.8, 4) is 22.3 Å². The molecule has 7 aromatic heterocycles. The molecule has 2 aliphatic heterocycles. The fourth-order valence-corrected chi connectivity index (χ4v) is 8.23. The molecule has 2 fully saturated rings. The van der Waals surface area contributed by atoms with E-state index in [1.165, 1.54) is 0 Å². The molecule has 0 radical (unpaired) electrons. The van der Waals surface area contributed by atoms with E-state index in [4.69, 9.17) is 21.4 Å². The predicted octanol–water partition coefficient (Wildman–Crippen LogP) is 5.27. The van der Waals surface area contributed by atoms with E-state index in [1.54, 1.807) is 21.4 Å². The lowest BCUT2D eigenvalue weighted by molar-refractivity contribution is 0.453. The van der Waals surface area contributed by atoms with Gasteiger partial charge in [-0.15, -0.1) is 0 Å². The van der Waals surface area contributed by atoms with Crippen molar-refractivity contribution < 1.29 is 0 Å².